The molecule has 1 saturated carbocycles. The van der Waals surface area contributed by atoms with E-state index in [1.54, 1.807) is 24.3 Å². The Hall–Kier alpha value is -1.52. The van der Waals surface area contributed by atoms with Gasteiger partial charge in [-0.25, -0.2) is 4.98 Å². The summed E-state index contributed by atoms with van der Waals surface area (Å²) in [6, 6.07) is 6.81. The molecule has 1 heterocycles. The maximum atomic E-state index is 13.3. The summed E-state index contributed by atoms with van der Waals surface area (Å²) >= 11 is 0. The highest BCUT2D eigenvalue weighted by atomic mass is 19.4. The van der Waals surface area contributed by atoms with Gasteiger partial charge in [-0.1, -0.05) is 25.5 Å². The van der Waals surface area contributed by atoms with E-state index in [0.29, 0.717) is 17.0 Å². The Kier molecular flexibility index (Phi) is 3.68. The topological polar surface area (TPSA) is 17.8 Å². The maximum Gasteiger partial charge on any atom is 0.449 e. The molecule has 1 aromatic carbocycles. The number of hydrogen-bond acceptors (Lipinski definition) is 1. The zero-order valence-electron chi connectivity index (χ0n) is 12.0. The number of hydrogen-bond donors (Lipinski definition) is 0. The van der Waals surface area contributed by atoms with E-state index in [1.165, 1.54) is 4.57 Å². The minimum absolute atomic E-state index is 0.0863. The minimum atomic E-state index is -4.40. The van der Waals surface area contributed by atoms with Crippen molar-refractivity contribution in [2.24, 2.45) is 5.92 Å². The molecule has 1 aromatic heterocycles. The SMILES string of the molecule is CCC1CCC(n2c(C(F)(F)F)nc3ccccc32)CC1. The summed E-state index contributed by atoms with van der Waals surface area (Å²) in [7, 11) is 0. The average Bonchev–Trinajstić information content (AvgIpc) is 2.87. The zero-order valence-corrected chi connectivity index (χ0v) is 12.0. The molecule has 0 aliphatic heterocycles. The van der Waals surface area contributed by atoms with Gasteiger partial charge in [0.2, 0.25) is 5.82 Å². The van der Waals surface area contributed by atoms with Crippen LogP contribution < -0.4 is 0 Å². The first-order chi connectivity index (χ1) is 10.0. The fraction of sp³-hybridized carbons (Fsp3) is 0.562. The molecule has 0 spiro atoms. The molecule has 0 amide bonds. The molecule has 5 heteroatoms. The molecule has 0 N–H and O–H groups in total. The third-order valence-corrected chi connectivity index (χ3v) is 4.61. The summed E-state index contributed by atoms with van der Waals surface area (Å²) in [5.74, 6) is -0.0889. The first kappa shape index (κ1) is 14.4. The van der Waals surface area contributed by atoms with Crippen LogP contribution in [0.5, 0.6) is 0 Å². The predicted octanol–water partition coefficient (Wildman–Crippen LogP) is 5.20. The molecule has 1 aliphatic rings. The number of rotatable bonds is 2. The molecular formula is C16H19F3N2. The number of para-hydroxylation sites is 2. The van der Waals surface area contributed by atoms with Crippen molar-refractivity contribution in [3.63, 3.8) is 0 Å². The molecule has 1 aliphatic carbocycles. The smallest absolute Gasteiger partial charge is 0.317 e. The number of nitrogens with zero attached hydrogens (tertiary/aromatic N) is 2. The summed E-state index contributed by atoms with van der Waals surface area (Å²) in [6.07, 6.45) is 0.337. The van der Waals surface area contributed by atoms with Crippen molar-refractivity contribution in [1.82, 2.24) is 9.55 Å². The van der Waals surface area contributed by atoms with E-state index in [0.717, 1.165) is 32.1 Å². The quantitative estimate of drug-likeness (QED) is 0.745. The molecule has 2 aromatic rings. The van der Waals surface area contributed by atoms with Gasteiger partial charge in [-0.3, -0.25) is 0 Å². The first-order valence-corrected chi connectivity index (χ1v) is 7.55. The van der Waals surface area contributed by atoms with Crippen LogP contribution in [-0.2, 0) is 6.18 Å². The first-order valence-electron chi connectivity index (χ1n) is 7.55. The van der Waals surface area contributed by atoms with E-state index in [9.17, 15) is 13.2 Å². The molecule has 1 fully saturated rings. The van der Waals surface area contributed by atoms with Crippen molar-refractivity contribution in [3.05, 3.63) is 30.1 Å². The Labute approximate surface area is 122 Å². The maximum absolute atomic E-state index is 13.3. The molecule has 0 radical (unpaired) electrons. The third-order valence-electron chi connectivity index (χ3n) is 4.61. The summed E-state index contributed by atoms with van der Waals surface area (Å²) in [5.41, 5.74) is 1.03. The second kappa shape index (κ2) is 5.35. The molecule has 0 bridgehead atoms. The van der Waals surface area contributed by atoms with Crippen LogP contribution in [-0.4, -0.2) is 9.55 Å². The highest BCUT2D eigenvalue weighted by Gasteiger charge is 2.39. The third kappa shape index (κ3) is 2.65. The second-order valence-corrected chi connectivity index (χ2v) is 5.87. The fourth-order valence-corrected chi connectivity index (χ4v) is 3.43. The summed E-state index contributed by atoms with van der Waals surface area (Å²) in [6.45, 7) is 2.15. The number of fused-ring (bicyclic) bond motifs is 1. The molecule has 0 atom stereocenters. The van der Waals surface area contributed by atoms with E-state index < -0.39 is 12.0 Å². The van der Waals surface area contributed by atoms with Gasteiger partial charge in [0.25, 0.3) is 0 Å². The normalized spacial score (nSPS) is 23.6. The summed E-state index contributed by atoms with van der Waals surface area (Å²) in [4.78, 5) is 3.84. The lowest BCUT2D eigenvalue weighted by molar-refractivity contribution is -0.147. The van der Waals surface area contributed by atoms with Crippen LogP contribution in [0, 0.1) is 5.92 Å². The van der Waals surface area contributed by atoms with Crippen LogP contribution >= 0.6 is 0 Å². The monoisotopic (exact) mass is 296 g/mol. The Morgan fingerprint density at radius 2 is 1.81 bits per heavy atom. The van der Waals surface area contributed by atoms with E-state index in [1.807, 2.05) is 0 Å². The van der Waals surface area contributed by atoms with Gasteiger partial charge < -0.3 is 4.57 Å². The fourth-order valence-electron chi connectivity index (χ4n) is 3.43. The second-order valence-electron chi connectivity index (χ2n) is 5.87. The van der Waals surface area contributed by atoms with Crippen LogP contribution in [0.1, 0.15) is 50.9 Å². The number of benzene rings is 1. The lowest BCUT2D eigenvalue weighted by atomic mass is 9.84. The standard InChI is InChI=1S/C16H19F3N2/c1-2-11-7-9-12(10-8-11)21-14-6-4-3-5-13(14)20-15(21)16(17,18)19/h3-6,11-12H,2,7-10H2,1H3. The summed E-state index contributed by atoms with van der Waals surface area (Å²) < 4.78 is 41.3. The lowest BCUT2D eigenvalue weighted by Crippen LogP contribution is -2.23. The van der Waals surface area contributed by atoms with E-state index >= 15 is 0 Å². The van der Waals surface area contributed by atoms with Crippen molar-refractivity contribution in [2.45, 2.75) is 51.2 Å². The van der Waals surface area contributed by atoms with Gasteiger partial charge in [0.15, 0.2) is 0 Å². The van der Waals surface area contributed by atoms with Crippen LogP contribution in [0.3, 0.4) is 0 Å². The van der Waals surface area contributed by atoms with E-state index in [-0.39, 0.29) is 6.04 Å². The van der Waals surface area contributed by atoms with Gasteiger partial charge in [-0.05, 0) is 43.7 Å². The van der Waals surface area contributed by atoms with Crippen molar-refractivity contribution in [1.29, 1.82) is 0 Å². The molecule has 114 valence electrons. The van der Waals surface area contributed by atoms with Gasteiger partial charge in [0.05, 0.1) is 11.0 Å². The van der Waals surface area contributed by atoms with Crippen LogP contribution in [0.15, 0.2) is 24.3 Å². The van der Waals surface area contributed by atoms with E-state index in [4.69, 9.17) is 0 Å². The number of aromatic nitrogens is 2. The Morgan fingerprint density at radius 1 is 1.14 bits per heavy atom. The molecular weight excluding hydrogens is 277 g/mol. The lowest BCUT2D eigenvalue weighted by Gasteiger charge is -2.30. The predicted molar refractivity (Wildman–Crippen MR) is 76.0 cm³/mol. The zero-order chi connectivity index (χ0) is 15.0. The van der Waals surface area contributed by atoms with Gasteiger partial charge in [0, 0.05) is 6.04 Å². The van der Waals surface area contributed by atoms with Gasteiger partial charge >= 0.3 is 6.18 Å². The number of alkyl halides is 3. The van der Waals surface area contributed by atoms with Crippen molar-refractivity contribution < 1.29 is 13.2 Å². The van der Waals surface area contributed by atoms with Gasteiger partial charge in [-0.2, -0.15) is 13.2 Å². The van der Waals surface area contributed by atoms with Crippen molar-refractivity contribution in [3.8, 4) is 0 Å². The average molecular weight is 296 g/mol. The van der Waals surface area contributed by atoms with Crippen LogP contribution in [0.4, 0.5) is 13.2 Å². The van der Waals surface area contributed by atoms with Crippen molar-refractivity contribution >= 4 is 11.0 Å². The Morgan fingerprint density at radius 3 is 2.43 bits per heavy atom. The number of imidazole rings is 1. The largest absolute Gasteiger partial charge is 0.449 e. The molecule has 0 saturated heterocycles. The molecule has 2 nitrogen and oxygen atoms in total. The molecule has 21 heavy (non-hydrogen) atoms. The molecule has 0 unspecified atom stereocenters. The summed E-state index contributed by atoms with van der Waals surface area (Å²) in [5, 5.41) is 0. The number of halogens is 3. The Bertz CT molecular complexity index is 622. The Balaban J connectivity index is 2.04. The van der Waals surface area contributed by atoms with Gasteiger partial charge in [-0.15, -0.1) is 0 Å². The van der Waals surface area contributed by atoms with Crippen molar-refractivity contribution in [2.75, 3.05) is 0 Å². The highest BCUT2D eigenvalue weighted by Crippen LogP contribution is 2.40. The minimum Gasteiger partial charge on any atom is -0.317 e. The van der Waals surface area contributed by atoms with Crippen LogP contribution in [0.2, 0.25) is 0 Å². The highest BCUT2D eigenvalue weighted by molar-refractivity contribution is 5.76. The van der Waals surface area contributed by atoms with Crippen LogP contribution in [0.25, 0.3) is 11.0 Å². The molecule has 3 rings (SSSR count). The van der Waals surface area contributed by atoms with Gasteiger partial charge in [0.1, 0.15) is 0 Å². The van der Waals surface area contributed by atoms with E-state index in [2.05, 4.69) is 11.9 Å².